The highest BCUT2D eigenvalue weighted by Crippen LogP contribution is 2.21. The van der Waals surface area contributed by atoms with E-state index in [9.17, 15) is 9.59 Å². The van der Waals surface area contributed by atoms with Gasteiger partial charge in [-0.2, -0.15) is 0 Å². The Morgan fingerprint density at radius 2 is 1.93 bits per heavy atom. The molecular weight excluding hydrogens is 376 g/mol. The molecule has 0 aliphatic rings. The number of rotatable bonds is 6. The van der Waals surface area contributed by atoms with Crippen molar-refractivity contribution in [1.29, 1.82) is 0 Å². The van der Waals surface area contributed by atoms with Crippen LogP contribution in [0.25, 0.3) is 11.0 Å². The average molecular weight is 399 g/mol. The third kappa shape index (κ3) is 4.80. The maximum absolute atomic E-state index is 12.5. The van der Waals surface area contributed by atoms with Crippen molar-refractivity contribution in [3.8, 4) is 0 Å². The van der Waals surface area contributed by atoms with E-state index in [-0.39, 0.29) is 18.1 Å². The Morgan fingerprint density at radius 1 is 1.14 bits per heavy atom. The highest BCUT2D eigenvalue weighted by Gasteiger charge is 2.14. The van der Waals surface area contributed by atoms with Crippen molar-refractivity contribution in [1.82, 2.24) is 4.90 Å². The molecular formula is C22H23ClN2O3. The molecule has 1 N–H and O–H groups in total. The lowest BCUT2D eigenvalue weighted by atomic mass is 10.1. The zero-order valence-electron chi connectivity index (χ0n) is 16.2. The number of nitrogens with zero attached hydrogens (tertiary/aromatic N) is 1. The Bertz CT molecular complexity index is 1080. The second-order valence-electron chi connectivity index (χ2n) is 6.90. The van der Waals surface area contributed by atoms with E-state index in [1.54, 1.807) is 12.1 Å². The van der Waals surface area contributed by atoms with Crippen molar-refractivity contribution in [2.45, 2.75) is 27.3 Å². The monoisotopic (exact) mass is 398 g/mol. The zero-order chi connectivity index (χ0) is 20.3. The van der Waals surface area contributed by atoms with E-state index < -0.39 is 0 Å². The molecule has 0 aliphatic carbocycles. The van der Waals surface area contributed by atoms with E-state index in [0.29, 0.717) is 29.4 Å². The van der Waals surface area contributed by atoms with Gasteiger partial charge in [0.1, 0.15) is 5.58 Å². The molecule has 5 nitrogen and oxygen atoms in total. The van der Waals surface area contributed by atoms with Crippen LogP contribution >= 0.6 is 11.6 Å². The third-order valence-corrected chi connectivity index (χ3v) is 4.90. The first-order chi connectivity index (χ1) is 13.4. The minimum absolute atomic E-state index is 0.129. The van der Waals surface area contributed by atoms with Crippen molar-refractivity contribution in [2.75, 3.05) is 18.4 Å². The number of nitrogens with one attached hydrogen (secondary N) is 1. The summed E-state index contributed by atoms with van der Waals surface area (Å²) in [6, 6.07) is 12.7. The Morgan fingerprint density at radius 3 is 2.68 bits per heavy atom. The fourth-order valence-corrected chi connectivity index (χ4v) is 3.28. The number of carbonyl (C=O) groups excluding carboxylic acids is 1. The van der Waals surface area contributed by atoms with Gasteiger partial charge in [0, 0.05) is 28.7 Å². The number of hydrogen-bond acceptors (Lipinski definition) is 4. The number of halogens is 1. The van der Waals surface area contributed by atoms with Crippen LogP contribution in [0.2, 0.25) is 5.02 Å². The second-order valence-corrected chi connectivity index (χ2v) is 7.34. The molecule has 0 aliphatic heterocycles. The number of amides is 1. The Labute approximate surface area is 168 Å². The highest BCUT2D eigenvalue weighted by atomic mass is 35.5. The Hall–Kier alpha value is -2.63. The molecule has 3 aromatic rings. The first kappa shape index (κ1) is 20.1. The first-order valence-electron chi connectivity index (χ1n) is 9.17. The predicted octanol–water partition coefficient (Wildman–Crippen LogP) is 4.52. The largest absolute Gasteiger partial charge is 0.423 e. The first-order valence-corrected chi connectivity index (χ1v) is 9.55. The van der Waals surface area contributed by atoms with Crippen molar-refractivity contribution in [3.63, 3.8) is 0 Å². The van der Waals surface area contributed by atoms with Crippen LogP contribution in [0.1, 0.15) is 23.6 Å². The van der Waals surface area contributed by atoms with E-state index in [4.69, 9.17) is 16.0 Å². The number of benzene rings is 2. The molecule has 0 radical (unpaired) electrons. The van der Waals surface area contributed by atoms with Gasteiger partial charge in [0.05, 0.1) is 6.54 Å². The van der Waals surface area contributed by atoms with Gasteiger partial charge in [0.25, 0.3) is 0 Å². The van der Waals surface area contributed by atoms with Crippen LogP contribution in [-0.2, 0) is 11.3 Å². The van der Waals surface area contributed by atoms with E-state index in [0.717, 1.165) is 22.1 Å². The van der Waals surface area contributed by atoms with Gasteiger partial charge in [0.15, 0.2) is 0 Å². The molecule has 1 amide bonds. The number of hydrogen-bond donors (Lipinski definition) is 1. The molecule has 1 heterocycles. The summed E-state index contributed by atoms with van der Waals surface area (Å²) in [4.78, 5) is 26.5. The van der Waals surface area contributed by atoms with Crippen molar-refractivity contribution < 1.29 is 9.21 Å². The molecule has 0 spiro atoms. The summed E-state index contributed by atoms with van der Waals surface area (Å²) >= 11 is 6.02. The maximum Gasteiger partial charge on any atom is 0.336 e. The fraction of sp³-hybridized carbons (Fsp3) is 0.273. The number of likely N-dealkylation sites (N-methyl/N-ethyl adjacent to an activating group) is 1. The molecule has 0 saturated heterocycles. The second kappa shape index (κ2) is 8.59. The molecule has 1 aromatic heterocycles. The zero-order valence-corrected chi connectivity index (χ0v) is 17.0. The van der Waals surface area contributed by atoms with E-state index in [1.165, 1.54) is 6.07 Å². The van der Waals surface area contributed by atoms with Crippen molar-refractivity contribution >= 4 is 34.2 Å². The molecule has 0 atom stereocenters. The molecule has 0 unspecified atom stereocenters. The summed E-state index contributed by atoms with van der Waals surface area (Å²) in [5, 5.41) is 4.37. The molecule has 3 rings (SSSR count). The summed E-state index contributed by atoms with van der Waals surface area (Å²) in [6.07, 6.45) is 0. The topological polar surface area (TPSA) is 62.6 Å². The van der Waals surface area contributed by atoms with Crippen LogP contribution in [0.3, 0.4) is 0 Å². The predicted molar refractivity (Wildman–Crippen MR) is 113 cm³/mol. The van der Waals surface area contributed by atoms with Crippen LogP contribution in [-0.4, -0.2) is 23.9 Å². The number of aryl methyl sites for hydroxylation is 2. The molecule has 0 saturated carbocycles. The van der Waals surface area contributed by atoms with Gasteiger partial charge in [-0.15, -0.1) is 0 Å². The molecule has 146 valence electrons. The van der Waals surface area contributed by atoms with Crippen molar-refractivity contribution in [3.05, 3.63) is 74.6 Å². The third-order valence-electron chi connectivity index (χ3n) is 4.67. The van der Waals surface area contributed by atoms with Gasteiger partial charge in [-0.3, -0.25) is 9.69 Å². The smallest absolute Gasteiger partial charge is 0.336 e. The lowest BCUT2D eigenvalue weighted by molar-refractivity contribution is -0.117. The van der Waals surface area contributed by atoms with Crippen LogP contribution in [0.5, 0.6) is 0 Å². The lowest BCUT2D eigenvalue weighted by Crippen LogP contribution is -2.33. The summed E-state index contributed by atoms with van der Waals surface area (Å²) in [6.45, 7) is 7.19. The van der Waals surface area contributed by atoms with Gasteiger partial charge in [-0.1, -0.05) is 36.7 Å². The standard InChI is InChI=1S/C22H23ClN2O3/c1-4-25(13-21(26)24-19-11-17(23)7-6-15(19)3)12-16-10-22(27)28-20-9-14(2)5-8-18(16)20/h5-11H,4,12-13H2,1-3H3,(H,24,26). The van der Waals surface area contributed by atoms with Crippen LogP contribution in [0.4, 0.5) is 5.69 Å². The fourth-order valence-electron chi connectivity index (χ4n) is 3.11. The summed E-state index contributed by atoms with van der Waals surface area (Å²) < 4.78 is 5.32. The molecule has 6 heteroatoms. The quantitative estimate of drug-likeness (QED) is 0.620. The Balaban J connectivity index is 1.77. The van der Waals surface area contributed by atoms with Gasteiger partial charge in [0.2, 0.25) is 5.91 Å². The van der Waals surface area contributed by atoms with Gasteiger partial charge in [-0.05, 0) is 55.3 Å². The summed E-state index contributed by atoms with van der Waals surface area (Å²) in [5.41, 5.74) is 3.70. The maximum atomic E-state index is 12.5. The van der Waals surface area contributed by atoms with Crippen LogP contribution < -0.4 is 10.9 Å². The normalized spacial score (nSPS) is 11.2. The van der Waals surface area contributed by atoms with E-state index in [2.05, 4.69) is 5.32 Å². The lowest BCUT2D eigenvalue weighted by Gasteiger charge is -2.21. The minimum Gasteiger partial charge on any atom is -0.423 e. The summed E-state index contributed by atoms with van der Waals surface area (Å²) in [5.74, 6) is -0.129. The van der Waals surface area contributed by atoms with E-state index in [1.807, 2.05) is 49.9 Å². The number of anilines is 1. The molecule has 28 heavy (non-hydrogen) atoms. The number of fused-ring (bicyclic) bond motifs is 1. The van der Waals surface area contributed by atoms with Crippen LogP contribution in [0.15, 0.2) is 51.7 Å². The molecule has 0 fully saturated rings. The van der Waals surface area contributed by atoms with Gasteiger partial charge < -0.3 is 9.73 Å². The SMILES string of the molecule is CCN(CC(=O)Nc1cc(Cl)ccc1C)Cc1cc(=O)oc2cc(C)ccc12. The summed E-state index contributed by atoms with van der Waals surface area (Å²) in [7, 11) is 0. The van der Waals surface area contributed by atoms with Gasteiger partial charge >= 0.3 is 5.63 Å². The van der Waals surface area contributed by atoms with Crippen LogP contribution in [0, 0.1) is 13.8 Å². The Kier molecular flexibility index (Phi) is 6.17. The number of carbonyl (C=O) groups is 1. The minimum atomic E-state index is -0.386. The van der Waals surface area contributed by atoms with Crippen molar-refractivity contribution in [2.24, 2.45) is 0 Å². The van der Waals surface area contributed by atoms with Gasteiger partial charge in [-0.25, -0.2) is 4.79 Å². The highest BCUT2D eigenvalue weighted by molar-refractivity contribution is 6.31. The molecule has 2 aromatic carbocycles. The molecule has 0 bridgehead atoms. The average Bonchev–Trinajstić information content (AvgIpc) is 2.63. The van der Waals surface area contributed by atoms with E-state index >= 15 is 0 Å².